The fraction of sp³-hybridized carbons (Fsp3) is 0.308. The normalized spacial score (nSPS) is 11.8. The molecule has 0 aliphatic carbocycles. The Balaban J connectivity index is 2.29. The molecule has 1 aromatic carbocycles. The highest BCUT2D eigenvalue weighted by atomic mass is 79.9. The molecule has 0 aliphatic heterocycles. The molecule has 0 fully saturated rings. The standard InChI is InChI=1S/C13H16BrN3O3S/c1-9-12(14)3-10(8-18)4-13(9)21(19,20)16-6-11-5-15-17(2)7-11/h3-5,7,16,18H,6,8H2,1-2H3. The van der Waals surface area contributed by atoms with Gasteiger partial charge in [0, 0.05) is 29.8 Å². The zero-order chi connectivity index (χ0) is 15.6. The molecule has 0 spiro atoms. The van der Waals surface area contributed by atoms with E-state index in [1.165, 1.54) is 6.07 Å². The SMILES string of the molecule is Cc1c(Br)cc(CO)cc1S(=O)(=O)NCc1cnn(C)c1. The van der Waals surface area contributed by atoms with Crippen molar-refractivity contribution in [2.24, 2.45) is 7.05 Å². The molecule has 2 rings (SSSR count). The number of aryl methyl sites for hydroxylation is 1. The number of sulfonamides is 1. The van der Waals surface area contributed by atoms with Crippen LogP contribution >= 0.6 is 15.9 Å². The molecule has 1 aromatic heterocycles. The molecule has 0 bridgehead atoms. The number of aliphatic hydroxyl groups excluding tert-OH is 1. The van der Waals surface area contributed by atoms with E-state index < -0.39 is 10.0 Å². The third kappa shape index (κ3) is 3.70. The van der Waals surface area contributed by atoms with Gasteiger partial charge in [-0.3, -0.25) is 4.68 Å². The van der Waals surface area contributed by atoms with Crippen molar-refractivity contribution in [2.45, 2.75) is 25.0 Å². The molecule has 0 saturated heterocycles. The fourth-order valence-electron chi connectivity index (χ4n) is 1.90. The van der Waals surface area contributed by atoms with Gasteiger partial charge in [-0.2, -0.15) is 5.10 Å². The summed E-state index contributed by atoms with van der Waals surface area (Å²) in [6.45, 7) is 1.66. The van der Waals surface area contributed by atoms with Crippen molar-refractivity contribution in [3.63, 3.8) is 0 Å². The quantitative estimate of drug-likeness (QED) is 0.830. The van der Waals surface area contributed by atoms with Gasteiger partial charge in [-0.25, -0.2) is 13.1 Å². The zero-order valence-electron chi connectivity index (χ0n) is 11.7. The van der Waals surface area contributed by atoms with E-state index in [0.29, 0.717) is 15.6 Å². The lowest BCUT2D eigenvalue weighted by molar-refractivity contribution is 0.281. The van der Waals surface area contributed by atoms with Gasteiger partial charge in [0.05, 0.1) is 17.7 Å². The summed E-state index contributed by atoms with van der Waals surface area (Å²) in [7, 11) is -1.90. The van der Waals surface area contributed by atoms with Crippen LogP contribution in [0.4, 0.5) is 0 Å². The summed E-state index contributed by atoms with van der Waals surface area (Å²) in [5.41, 5.74) is 1.91. The summed E-state index contributed by atoms with van der Waals surface area (Å²) < 4.78 is 29.6. The predicted octanol–water partition coefficient (Wildman–Crippen LogP) is 1.46. The van der Waals surface area contributed by atoms with Gasteiger partial charge in [0.1, 0.15) is 0 Å². The second kappa shape index (κ2) is 6.27. The number of halogens is 1. The van der Waals surface area contributed by atoms with Crippen molar-refractivity contribution >= 4 is 26.0 Å². The third-order valence-corrected chi connectivity index (χ3v) is 5.40. The minimum absolute atomic E-state index is 0.157. The van der Waals surface area contributed by atoms with E-state index in [-0.39, 0.29) is 18.0 Å². The molecule has 2 aromatic rings. The van der Waals surface area contributed by atoms with E-state index in [4.69, 9.17) is 0 Å². The number of aromatic nitrogens is 2. The second-order valence-electron chi connectivity index (χ2n) is 4.71. The number of hydrogen-bond acceptors (Lipinski definition) is 4. The van der Waals surface area contributed by atoms with Crippen molar-refractivity contribution in [3.8, 4) is 0 Å². The predicted molar refractivity (Wildman–Crippen MR) is 82.0 cm³/mol. The summed E-state index contributed by atoms with van der Waals surface area (Å²) in [6, 6.07) is 3.18. The summed E-state index contributed by atoms with van der Waals surface area (Å²) in [5, 5.41) is 13.2. The van der Waals surface area contributed by atoms with Gasteiger partial charge in [-0.05, 0) is 30.2 Å². The molecule has 8 heteroatoms. The van der Waals surface area contributed by atoms with Gasteiger partial charge in [-0.1, -0.05) is 15.9 Å². The maximum atomic E-state index is 12.4. The van der Waals surface area contributed by atoms with Gasteiger partial charge in [-0.15, -0.1) is 0 Å². The highest BCUT2D eigenvalue weighted by molar-refractivity contribution is 9.10. The van der Waals surface area contributed by atoms with Gasteiger partial charge in [0.25, 0.3) is 0 Å². The smallest absolute Gasteiger partial charge is 0.241 e. The minimum Gasteiger partial charge on any atom is -0.392 e. The van der Waals surface area contributed by atoms with Crippen LogP contribution in [0, 0.1) is 6.92 Å². The Morgan fingerprint density at radius 2 is 2.10 bits per heavy atom. The molecule has 0 unspecified atom stereocenters. The van der Waals surface area contributed by atoms with Crippen LogP contribution < -0.4 is 4.72 Å². The van der Waals surface area contributed by atoms with Crippen molar-refractivity contribution < 1.29 is 13.5 Å². The van der Waals surface area contributed by atoms with E-state index in [1.54, 1.807) is 37.1 Å². The Labute approximate surface area is 132 Å². The summed E-state index contributed by atoms with van der Waals surface area (Å²) in [4.78, 5) is 0.157. The second-order valence-corrected chi connectivity index (χ2v) is 7.30. The van der Waals surface area contributed by atoms with E-state index in [0.717, 1.165) is 5.56 Å². The number of nitrogens with one attached hydrogen (secondary N) is 1. The molecular weight excluding hydrogens is 358 g/mol. The minimum atomic E-state index is -3.66. The largest absolute Gasteiger partial charge is 0.392 e. The molecule has 0 radical (unpaired) electrons. The number of benzene rings is 1. The van der Waals surface area contributed by atoms with E-state index in [9.17, 15) is 13.5 Å². The Morgan fingerprint density at radius 1 is 1.38 bits per heavy atom. The number of hydrogen-bond donors (Lipinski definition) is 2. The van der Waals surface area contributed by atoms with Crippen LogP contribution in [0.5, 0.6) is 0 Å². The number of rotatable bonds is 5. The maximum Gasteiger partial charge on any atom is 0.241 e. The van der Waals surface area contributed by atoms with E-state index in [2.05, 4.69) is 25.8 Å². The molecule has 21 heavy (non-hydrogen) atoms. The molecule has 0 aliphatic rings. The van der Waals surface area contributed by atoms with E-state index in [1.807, 2.05) is 0 Å². The van der Waals surface area contributed by atoms with Crippen molar-refractivity contribution in [3.05, 3.63) is 45.7 Å². The molecule has 2 N–H and O–H groups in total. The lowest BCUT2D eigenvalue weighted by Crippen LogP contribution is -2.24. The Kier molecular flexibility index (Phi) is 4.82. The van der Waals surface area contributed by atoms with Crippen LogP contribution in [0.1, 0.15) is 16.7 Å². The first-order valence-electron chi connectivity index (χ1n) is 6.20. The van der Waals surface area contributed by atoms with Crippen molar-refractivity contribution in [1.29, 1.82) is 0 Å². The van der Waals surface area contributed by atoms with Gasteiger partial charge in [0.2, 0.25) is 10.0 Å². The molecule has 6 nitrogen and oxygen atoms in total. The molecular formula is C13H16BrN3O3S. The summed E-state index contributed by atoms with van der Waals surface area (Å²) in [5.74, 6) is 0. The molecule has 1 heterocycles. The Morgan fingerprint density at radius 3 is 2.67 bits per heavy atom. The van der Waals surface area contributed by atoms with Gasteiger partial charge in [0.15, 0.2) is 0 Å². The molecule has 0 atom stereocenters. The summed E-state index contributed by atoms with van der Waals surface area (Å²) in [6.07, 6.45) is 3.35. The van der Waals surface area contributed by atoms with Gasteiger partial charge < -0.3 is 5.11 Å². The van der Waals surface area contributed by atoms with Crippen molar-refractivity contribution in [1.82, 2.24) is 14.5 Å². The first-order chi connectivity index (χ1) is 9.83. The maximum absolute atomic E-state index is 12.4. The van der Waals surface area contributed by atoms with Crippen LogP contribution in [0.2, 0.25) is 0 Å². The Hall–Kier alpha value is -1.22. The monoisotopic (exact) mass is 373 g/mol. The van der Waals surface area contributed by atoms with Crippen LogP contribution in [-0.2, 0) is 30.2 Å². The average Bonchev–Trinajstić information content (AvgIpc) is 2.85. The first kappa shape index (κ1) is 16.2. The van der Waals surface area contributed by atoms with E-state index >= 15 is 0 Å². The highest BCUT2D eigenvalue weighted by Gasteiger charge is 2.19. The average molecular weight is 374 g/mol. The highest BCUT2D eigenvalue weighted by Crippen LogP contribution is 2.26. The number of nitrogens with zero attached hydrogens (tertiary/aromatic N) is 2. The van der Waals surface area contributed by atoms with Gasteiger partial charge >= 0.3 is 0 Å². The van der Waals surface area contributed by atoms with Crippen LogP contribution in [0.15, 0.2) is 33.9 Å². The van der Waals surface area contributed by atoms with Crippen LogP contribution in [0.25, 0.3) is 0 Å². The Bertz CT molecular complexity index is 756. The zero-order valence-corrected chi connectivity index (χ0v) is 14.1. The molecule has 0 saturated carbocycles. The lowest BCUT2D eigenvalue weighted by atomic mass is 10.2. The third-order valence-electron chi connectivity index (χ3n) is 3.05. The van der Waals surface area contributed by atoms with Crippen LogP contribution in [-0.4, -0.2) is 23.3 Å². The van der Waals surface area contributed by atoms with Crippen LogP contribution in [0.3, 0.4) is 0 Å². The van der Waals surface area contributed by atoms with Crippen molar-refractivity contribution in [2.75, 3.05) is 0 Å². The molecule has 0 amide bonds. The first-order valence-corrected chi connectivity index (χ1v) is 8.48. The fourth-order valence-corrected chi connectivity index (χ4v) is 3.87. The topological polar surface area (TPSA) is 84.2 Å². The number of aliphatic hydroxyl groups is 1. The lowest BCUT2D eigenvalue weighted by Gasteiger charge is -2.12. The molecule has 114 valence electrons. The summed E-state index contributed by atoms with van der Waals surface area (Å²) >= 11 is 3.31.